The van der Waals surface area contributed by atoms with Gasteiger partial charge in [-0.25, -0.2) is 0 Å². The molecule has 0 saturated heterocycles. The van der Waals surface area contributed by atoms with Gasteiger partial charge in [0.25, 0.3) is 0 Å². The molecule has 0 bridgehead atoms. The molecule has 4 nitrogen and oxygen atoms in total. The Bertz CT molecular complexity index is 303. The van der Waals surface area contributed by atoms with Crippen molar-refractivity contribution in [3.63, 3.8) is 0 Å². The zero-order chi connectivity index (χ0) is 13.6. The lowest BCUT2D eigenvalue weighted by Crippen LogP contribution is -2.47. The second-order valence-electron chi connectivity index (χ2n) is 5.08. The number of ether oxygens (including phenoxy) is 1. The molecule has 0 spiro atoms. The molecular weight excluding hydrogens is 248 g/mol. The van der Waals surface area contributed by atoms with E-state index in [9.17, 15) is 4.79 Å². The SMILES string of the molecule is CCC(C)(C(=O)NCCOC1CCCC1)C(N)=S. The van der Waals surface area contributed by atoms with Crippen molar-refractivity contribution >= 4 is 23.1 Å². The summed E-state index contributed by atoms with van der Waals surface area (Å²) in [7, 11) is 0. The molecule has 1 amide bonds. The van der Waals surface area contributed by atoms with Crippen LogP contribution in [0.1, 0.15) is 46.0 Å². The lowest BCUT2D eigenvalue weighted by atomic mass is 9.86. The van der Waals surface area contributed by atoms with Crippen LogP contribution in [0.5, 0.6) is 0 Å². The summed E-state index contributed by atoms with van der Waals surface area (Å²) in [5, 5.41) is 2.85. The van der Waals surface area contributed by atoms with Crippen LogP contribution < -0.4 is 11.1 Å². The third kappa shape index (κ3) is 3.92. The monoisotopic (exact) mass is 272 g/mol. The van der Waals surface area contributed by atoms with E-state index in [0.717, 1.165) is 12.8 Å². The van der Waals surface area contributed by atoms with Gasteiger partial charge in [-0.3, -0.25) is 4.79 Å². The lowest BCUT2D eigenvalue weighted by Gasteiger charge is -2.25. The first-order valence-electron chi connectivity index (χ1n) is 6.70. The molecule has 18 heavy (non-hydrogen) atoms. The zero-order valence-electron chi connectivity index (χ0n) is 11.3. The fourth-order valence-electron chi connectivity index (χ4n) is 2.09. The van der Waals surface area contributed by atoms with E-state index < -0.39 is 5.41 Å². The van der Waals surface area contributed by atoms with E-state index >= 15 is 0 Å². The number of amides is 1. The van der Waals surface area contributed by atoms with Gasteiger partial charge in [0.05, 0.1) is 23.1 Å². The average molecular weight is 272 g/mol. The predicted octanol–water partition coefficient (Wildman–Crippen LogP) is 1.76. The van der Waals surface area contributed by atoms with Crippen molar-refractivity contribution in [2.75, 3.05) is 13.2 Å². The second kappa shape index (κ2) is 7.04. The Morgan fingerprint density at radius 2 is 2.11 bits per heavy atom. The van der Waals surface area contributed by atoms with Gasteiger partial charge in [0.1, 0.15) is 0 Å². The first-order valence-corrected chi connectivity index (χ1v) is 7.11. The first kappa shape index (κ1) is 15.4. The molecule has 0 aromatic heterocycles. The van der Waals surface area contributed by atoms with E-state index in [2.05, 4.69) is 5.32 Å². The third-order valence-corrected chi connectivity index (χ3v) is 4.25. The number of nitrogens with one attached hydrogen (secondary N) is 1. The molecule has 1 saturated carbocycles. The maximum atomic E-state index is 12.0. The van der Waals surface area contributed by atoms with Gasteiger partial charge in [-0.15, -0.1) is 0 Å². The van der Waals surface area contributed by atoms with Gasteiger partial charge in [0.2, 0.25) is 5.91 Å². The molecule has 1 rings (SSSR count). The van der Waals surface area contributed by atoms with Crippen LogP contribution in [-0.4, -0.2) is 30.2 Å². The zero-order valence-corrected chi connectivity index (χ0v) is 12.1. The summed E-state index contributed by atoms with van der Waals surface area (Å²) in [6, 6.07) is 0. The minimum atomic E-state index is -0.747. The van der Waals surface area contributed by atoms with Crippen molar-refractivity contribution in [2.24, 2.45) is 11.1 Å². The van der Waals surface area contributed by atoms with E-state index in [-0.39, 0.29) is 10.9 Å². The molecule has 0 aromatic rings. The Balaban J connectivity index is 2.25. The maximum absolute atomic E-state index is 12.0. The van der Waals surface area contributed by atoms with Crippen LogP contribution in [0.3, 0.4) is 0 Å². The largest absolute Gasteiger partial charge is 0.392 e. The normalized spacial score (nSPS) is 19.4. The molecule has 0 heterocycles. The van der Waals surface area contributed by atoms with Crippen molar-refractivity contribution in [2.45, 2.75) is 52.1 Å². The molecule has 1 fully saturated rings. The smallest absolute Gasteiger partial charge is 0.232 e. The van der Waals surface area contributed by atoms with Crippen molar-refractivity contribution in [3.8, 4) is 0 Å². The predicted molar refractivity (Wildman–Crippen MR) is 76.4 cm³/mol. The molecule has 1 aliphatic rings. The van der Waals surface area contributed by atoms with Crippen LogP contribution in [0, 0.1) is 5.41 Å². The van der Waals surface area contributed by atoms with Gasteiger partial charge < -0.3 is 15.8 Å². The van der Waals surface area contributed by atoms with Crippen LogP contribution in [0.4, 0.5) is 0 Å². The van der Waals surface area contributed by atoms with Crippen LogP contribution in [0.15, 0.2) is 0 Å². The average Bonchev–Trinajstić information content (AvgIpc) is 2.86. The van der Waals surface area contributed by atoms with E-state index in [1.807, 2.05) is 6.92 Å². The molecule has 3 N–H and O–H groups in total. The van der Waals surface area contributed by atoms with Gasteiger partial charge in [0.15, 0.2) is 0 Å². The van der Waals surface area contributed by atoms with Crippen LogP contribution >= 0.6 is 12.2 Å². The Kier molecular flexibility index (Phi) is 6.02. The summed E-state index contributed by atoms with van der Waals surface area (Å²) in [4.78, 5) is 12.2. The van der Waals surface area contributed by atoms with E-state index in [4.69, 9.17) is 22.7 Å². The Morgan fingerprint density at radius 1 is 1.50 bits per heavy atom. The van der Waals surface area contributed by atoms with E-state index in [1.54, 1.807) is 6.92 Å². The number of nitrogens with two attached hydrogens (primary N) is 1. The number of carbonyl (C=O) groups excluding carboxylic acids is 1. The molecule has 1 atom stereocenters. The highest BCUT2D eigenvalue weighted by Crippen LogP contribution is 2.22. The van der Waals surface area contributed by atoms with Gasteiger partial charge in [0, 0.05) is 6.54 Å². The number of carbonyl (C=O) groups is 1. The summed E-state index contributed by atoms with van der Waals surface area (Å²) in [5.41, 5.74) is 4.88. The van der Waals surface area contributed by atoms with Gasteiger partial charge in [-0.1, -0.05) is 32.0 Å². The quantitative estimate of drug-likeness (QED) is 0.547. The summed E-state index contributed by atoms with van der Waals surface area (Å²) in [5.74, 6) is -0.104. The Morgan fingerprint density at radius 3 is 2.61 bits per heavy atom. The molecule has 1 aliphatic carbocycles. The molecule has 104 valence electrons. The topological polar surface area (TPSA) is 64.3 Å². The highest BCUT2D eigenvalue weighted by molar-refractivity contribution is 7.80. The number of hydrogen-bond donors (Lipinski definition) is 2. The fourth-order valence-corrected chi connectivity index (χ4v) is 2.32. The first-order chi connectivity index (χ1) is 8.50. The maximum Gasteiger partial charge on any atom is 0.232 e. The highest BCUT2D eigenvalue weighted by atomic mass is 32.1. The number of thiocarbonyl (C=S) groups is 1. The standard InChI is InChI=1S/C13H24N2O2S/c1-3-13(2,11(14)18)12(16)15-8-9-17-10-6-4-5-7-10/h10H,3-9H2,1-2H3,(H2,14,18)(H,15,16). The summed E-state index contributed by atoms with van der Waals surface area (Å²) in [6.45, 7) is 4.78. The van der Waals surface area contributed by atoms with Gasteiger partial charge in [-0.2, -0.15) is 0 Å². The van der Waals surface area contributed by atoms with Crippen molar-refractivity contribution in [3.05, 3.63) is 0 Å². The molecule has 0 aliphatic heterocycles. The summed E-state index contributed by atoms with van der Waals surface area (Å²) < 4.78 is 5.68. The molecule has 0 aromatic carbocycles. The fraction of sp³-hybridized carbons (Fsp3) is 0.846. The second-order valence-corrected chi connectivity index (χ2v) is 5.52. The van der Waals surface area contributed by atoms with E-state index in [1.165, 1.54) is 12.8 Å². The summed E-state index contributed by atoms with van der Waals surface area (Å²) in [6.07, 6.45) is 5.80. The Labute approximate surface area is 115 Å². The van der Waals surface area contributed by atoms with E-state index in [0.29, 0.717) is 25.7 Å². The lowest BCUT2D eigenvalue weighted by molar-refractivity contribution is -0.127. The minimum Gasteiger partial charge on any atom is -0.392 e. The number of hydrogen-bond acceptors (Lipinski definition) is 3. The third-order valence-electron chi connectivity index (χ3n) is 3.80. The van der Waals surface area contributed by atoms with Crippen molar-refractivity contribution in [1.29, 1.82) is 0 Å². The molecule has 1 unspecified atom stereocenters. The Hall–Kier alpha value is -0.680. The van der Waals surface area contributed by atoms with Crippen LogP contribution in [0.25, 0.3) is 0 Å². The summed E-state index contributed by atoms with van der Waals surface area (Å²) >= 11 is 4.96. The molecule has 0 radical (unpaired) electrons. The molecular formula is C13H24N2O2S. The van der Waals surface area contributed by atoms with Crippen LogP contribution in [0.2, 0.25) is 0 Å². The van der Waals surface area contributed by atoms with Crippen LogP contribution in [-0.2, 0) is 9.53 Å². The van der Waals surface area contributed by atoms with Gasteiger partial charge in [-0.05, 0) is 26.2 Å². The van der Waals surface area contributed by atoms with Crippen molar-refractivity contribution < 1.29 is 9.53 Å². The number of rotatable bonds is 7. The highest BCUT2D eigenvalue weighted by Gasteiger charge is 2.34. The minimum absolute atomic E-state index is 0.104. The van der Waals surface area contributed by atoms with Gasteiger partial charge >= 0.3 is 0 Å². The van der Waals surface area contributed by atoms with Crippen molar-refractivity contribution in [1.82, 2.24) is 5.32 Å². The molecule has 5 heteroatoms.